The van der Waals surface area contributed by atoms with Gasteiger partial charge in [-0.3, -0.25) is 9.59 Å². The third-order valence-electron chi connectivity index (χ3n) is 2.93. The predicted molar refractivity (Wildman–Crippen MR) is 80.9 cm³/mol. The number of aryl methyl sites for hydroxylation is 1. The van der Waals surface area contributed by atoms with Gasteiger partial charge >= 0.3 is 0 Å². The molecule has 1 atom stereocenters. The number of amides is 2. The molecule has 0 saturated carbocycles. The minimum atomic E-state index is -0.562. The Bertz CT molecular complexity index is 498. The van der Waals surface area contributed by atoms with Crippen LogP contribution in [0.3, 0.4) is 0 Å². The van der Waals surface area contributed by atoms with E-state index < -0.39 is 6.04 Å². The van der Waals surface area contributed by atoms with E-state index >= 15 is 0 Å². The molecule has 2 amide bonds. The van der Waals surface area contributed by atoms with Crippen molar-refractivity contribution in [1.82, 2.24) is 10.6 Å². The minimum Gasteiger partial charge on any atom is -0.388 e. The molecule has 0 aromatic heterocycles. The van der Waals surface area contributed by atoms with E-state index in [9.17, 15) is 9.59 Å². The largest absolute Gasteiger partial charge is 0.388 e. The molecule has 0 heterocycles. The van der Waals surface area contributed by atoms with Crippen molar-refractivity contribution in [3.63, 3.8) is 0 Å². The first-order valence-corrected chi connectivity index (χ1v) is 6.74. The fraction of sp³-hybridized carbons (Fsp3) is 0.467. The first-order chi connectivity index (χ1) is 9.35. The van der Waals surface area contributed by atoms with Gasteiger partial charge in [0.05, 0.1) is 0 Å². The van der Waals surface area contributed by atoms with Gasteiger partial charge in [-0.25, -0.2) is 0 Å². The lowest BCUT2D eigenvalue weighted by atomic mass is 10.1. The van der Waals surface area contributed by atoms with Crippen molar-refractivity contribution >= 4 is 17.5 Å². The van der Waals surface area contributed by atoms with Gasteiger partial charge in [-0.15, -0.1) is 0 Å². The molecule has 1 rings (SSSR count). The molecule has 0 aliphatic carbocycles. The van der Waals surface area contributed by atoms with Crippen molar-refractivity contribution < 1.29 is 9.59 Å². The van der Waals surface area contributed by atoms with E-state index in [2.05, 4.69) is 16.0 Å². The molecule has 0 spiro atoms. The lowest BCUT2D eigenvalue weighted by Crippen LogP contribution is -2.46. The maximum atomic E-state index is 12.2. The van der Waals surface area contributed by atoms with Gasteiger partial charge in [0.15, 0.2) is 0 Å². The number of anilines is 1. The summed E-state index contributed by atoms with van der Waals surface area (Å²) >= 11 is 0. The molecular formula is C15H23N3O2. The van der Waals surface area contributed by atoms with Gasteiger partial charge in [-0.2, -0.15) is 0 Å². The van der Waals surface area contributed by atoms with Crippen LogP contribution in [0.1, 0.15) is 36.7 Å². The number of hydrogen-bond donors (Lipinski definition) is 3. The number of carbonyl (C=O) groups excluding carboxylic acids is 2. The molecule has 0 radical (unpaired) electrons. The summed E-state index contributed by atoms with van der Waals surface area (Å²) < 4.78 is 0. The van der Waals surface area contributed by atoms with E-state index in [-0.39, 0.29) is 17.9 Å². The third-order valence-corrected chi connectivity index (χ3v) is 2.93. The molecule has 20 heavy (non-hydrogen) atoms. The molecule has 0 bridgehead atoms. The highest BCUT2D eigenvalue weighted by Gasteiger charge is 2.18. The monoisotopic (exact) mass is 277 g/mol. The zero-order valence-electron chi connectivity index (χ0n) is 12.7. The van der Waals surface area contributed by atoms with Gasteiger partial charge in [0.2, 0.25) is 5.91 Å². The normalized spacial score (nSPS) is 11.9. The summed E-state index contributed by atoms with van der Waals surface area (Å²) in [7, 11) is 1.83. The Morgan fingerprint density at radius 2 is 1.75 bits per heavy atom. The van der Waals surface area contributed by atoms with Crippen LogP contribution in [0.25, 0.3) is 0 Å². The third kappa shape index (κ3) is 4.26. The summed E-state index contributed by atoms with van der Waals surface area (Å²) in [6, 6.07) is 4.98. The van der Waals surface area contributed by atoms with Gasteiger partial charge in [-0.05, 0) is 51.5 Å². The number of rotatable bonds is 5. The molecule has 5 heteroatoms. The van der Waals surface area contributed by atoms with Crippen LogP contribution in [-0.4, -0.2) is 30.9 Å². The highest BCUT2D eigenvalue weighted by Crippen LogP contribution is 2.14. The molecule has 3 N–H and O–H groups in total. The molecular weight excluding hydrogens is 254 g/mol. The van der Waals surface area contributed by atoms with E-state index in [4.69, 9.17) is 0 Å². The standard InChI is InChI=1S/C15H23N3O2/c1-9(2)17-14(19)11(4)18-15(20)13-7-6-12(16-5)8-10(13)3/h6-9,11,16H,1-5H3,(H,17,19)(H,18,20). The fourth-order valence-corrected chi connectivity index (χ4v) is 1.82. The summed E-state index contributed by atoms with van der Waals surface area (Å²) in [6.07, 6.45) is 0. The topological polar surface area (TPSA) is 70.2 Å². The van der Waals surface area contributed by atoms with Crippen LogP contribution in [0, 0.1) is 6.92 Å². The van der Waals surface area contributed by atoms with Gasteiger partial charge < -0.3 is 16.0 Å². The van der Waals surface area contributed by atoms with E-state index in [1.54, 1.807) is 13.0 Å². The maximum Gasteiger partial charge on any atom is 0.252 e. The van der Waals surface area contributed by atoms with Gasteiger partial charge in [0, 0.05) is 24.3 Å². The molecule has 0 aliphatic heterocycles. The molecule has 0 saturated heterocycles. The van der Waals surface area contributed by atoms with Crippen LogP contribution in [0.15, 0.2) is 18.2 Å². The Balaban J connectivity index is 2.74. The second kappa shape index (κ2) is 6.93. The van der Waals surface area contributed by atoms with Crippen LogP contribution in [0.4, 0.5) is 5.69 Å². The van der Waals surface area contributed by atoms with Crippen molar-refractivity contribution in [2.75, 3.05) is 12.4 Å². The van der Waals surface area contributed by atoms with Crippen LogP contribution in [-0.2, 0) is 4.79 Å². The number of nitrogens with one attached hydrogen (secondary N) is 3. The van der Waals surface area contributed by atoms with Crippen LogP contribution >= 0.6 is 0 Å². The van der Waals surface area contributed by atoms with Crippen LogP contribution in [0.5, 0.6) is 0 Å². The second-order valence-corrected chi connectivity index (χ2v) is 5.14. The summed E-state index contributed by atoms with van der Waals surface area (Å²) in [5.41, 5.74) is 2.39. The Morgan fingerprint density at radius 3 is 2.25 bits per heavy atom. The average Bonchev–Trinajstić information content (AvgIpc) is 2.37. The molecule has 1 aromatic carbocycles. The Labute approximate surface area is 120 Å². The Hall–Kier alpha value is -2.04. The quantitative estimate of drug-likeness (QED) is 0.767. The number of hydrogen-bond acceptors (Lipinski definition) is 3. The number of benzene rings is 1. The first kappa shape index (κ1) is 16.0. The SMILES string of the molecule is CNc1ccc(C(=O)NC(C)C(=O)NC(C)C)c(C)c1. The van der Waals surface area contributed by atoms with Crippen molar-refractivity contribution in [2.24, 2.45) is 0 Å². The predicted octanol–water partition coefficient (Wildman–Crippen LogP) is 1.68. The highest BCUT2D eigenvalue weighted by atomic mass is 16.2. The van der Waals surface area contributed by atoms with E-state index in [1.165, 1.54) is 0 Å². The minimum absolute atomic E-state index is 0.0542. The van der Waals surface area contributed by atoms with Crippen molar-refractivity contribution in [1.29, 1.82) is 0 Å². The van der Waals surface area contributed by atoms with Crippen molar-refractivity contribution in [3.8, 4) is 0 Å². The smallest absolute Gasteiger partial charge is 0.252 e. The highest BCUT2D eigenvalue weighted by molar-refractivity contribution is 5.98. The summed E-state index contributed by atoms with van der Waals surface area (Å²) in [5, 5.41) is 8.50. The molecule has 5 nitrogen and oxygen atoms in total. The van der Waals surface area contributed by atoms with E-state index in [0.717, 1.165) is 11.3 Å². The lowest BCUT2D eigenvalue weighted by Gasteiger charge is -2.17. The van der Waals surface area contributed by atoms with Crippen molar-refractivity contribution in [2.45, 2.75) is 39.8 Å². The van der Waals surface area contributed by atoms with Gasteiger partial charge in [0.1, 0.15) is 6.04 Å². The Kier molecular flexibility index (Phi) is 5.55. The molecule has 0 aliphatic rings. The van der Waals surface area contributed by atoms with Crippen LogP contribution in [0.2, 0.25) is 0 Å². The average molecular weight is 277 g/mol. The molecule has 1 unspecified atom stereocenters. The summed E-state index contributed by atoms with van der Waals surface area (Å²) in [5.74, 6) is -0.422. The second-order valence-electron chi connectivity index (χ2n) is 5.14. The Morgan fingerprint density at radius 1 is 1.10 bits per heavy atom. The zero-order valence-corrected chi connectivity index (χ0v) is 12.7. The maximum absolute atomic E-state index is 12.2. The summed E-state index contributed by atoms with van der Waals surface area (Å²) in [6.45, 7) is 7.31. The van der Waals surface area contributed by atoms with Gasteiger partial charge in [-0.1, -0.05) is 0 Å². The first-order valence-electron chi connectivity index (χ1n) is 6.74. The zero-order chi connectivity index (χ0) is 15.3. The summed E-state index contributed by atoms with van der Waals surface area (Å²) in [4.78, 5) is 23.9. The molecule has 110 valence electrons. The van der Waals surface area contributed by atoms with E-state index in [1.807, 2.05) is 40.0 Å². The van der Waals surface area contributed by atoms with Crippen molar-refractivity contribution in [3.05, 3.63) is 29.3 Å². The van der Waals surface area contributed by atoms with E-state index in [0.29, 0.717) is 5.56 Å². The number of carbonyl (C=O) groups is 2. The lowest BCUT2D eigenvalue weighted by molar-refractivity contribution is -0.123. The molecule has 0 fully saturated rings. The fourth-order valence-electron chi connectivity index (χ4n) is 1.82. The molecule has 1 aromatic rings. The van der Waals surface area contributed by atoms with Gasteiger partial charge in [0.25, 0.3) is 5.91 Å². The van der Waals surface area contributed by atoms with Crippen LogP contribution < -0.4 is 16.0 Å².